The van der Waals surface area contributed by atoms with Gasteiger partial charge in [-0.05, 0) is 24.5 Å². The molecule has 1 fully saturated rings. The van der Waals surface area contributed by atoms with Gasteiger partial charge in [0.2, 0.25) is 5.91 Å². The van der Waals surface area contributed by atoms with Crippen LogP contribution in [-0.4, -0.2) is 22.3 Å². The van der Waals surface area contributed by atoms with Gasteiger partial charge in [0.05, 0.1) is 0 Å². The molecule has 1 amide bonds. The molecule has 5 heteroatoms. The Morgan fingerprint density at radius 1 is 1.45 bits per heavy atom. The number of hydrogen-bond acceptors (Lipinski definition) is 1. The zero-order chi connectivity index (χ0) is 14.1. The molecule has 106 valence electrons. The third kappa shape index (κ3) is 2.40. The first-order chi connectivity index (χ1) is 9.69. The van der Waals surface area contributed by atoms with Crippen LogP contribution in [0.2, 0.25) is 5.28 Å². The van der Waals surface area contributed by atoms with Crippen LogP contribution in [0.3, 0.4) is 0 Å². The topological polar surface area (TPSA) is 40.0 Å². The SMILES string of the molecule is CCCC1CC(=O)N(C[n+]2c(Cl)[nH]c3ccccc32)C1. The van der Waals surface area contributed by atoms with Crippen molar-refractivity contribution in [2.45, 2.75) is 32.9 Å². The van der Waals surface area contributed by atoms with Crippen LogP contribution in [0.15, 0.2) is 24.3 Å². The van der Waals surface area contributed by atoms with Crippen molar-refractivity contribution < 1.29 is 9.36 Å². The lowest BCUT2D eigenvalue weighted by Crippen LogP contribution is -2.44. The number of halogens is 1. The van der Waals surface area contributed by atoms with Crippen LogP contribution < -0.4 is 4.57 Å². The van der Waals surface area contributed by atoms with E-state index in [0.717, 1.165) is 30.4 Å². The fourth-order valence-electron chi connectivity index (χ4n) is 3.00. The highest BCUT2D eigenvalue weighted by Gasteiger charge is 2.31. The molecule has 2 heterocycles. The van der Waals surface area contributed by atoms with E-state index in [-0.39, 0.29) is 5.91 Å². The lowest BCUT2D eigenvalue weighted by Gasteiger charge is -2.14. The second-order valence-electron chi connectivity index (χ2n) is 5.48. The van der Waals surface area contributed by atoms with Crippen LogP contribution >= 0.6 is 11.6 Å². The van der Waals surface area contributed by atoms with E-state index >= 15 is 0 Å². The van der Waals surface area contributed by atoms with Crippen molar-refractivity contribution in [1.82, 2.24) is 9.88 Å². The van der Waals surface area contributed by atoms with Crippen molar-refractivity contribution in [3.8, 4) is 0 Å². The monoisotopic (exact) mass is 292 g/mol. The molecule has 1 aliphatic heterocycles. The van der Waals surface area contributed by atoms with E-state index < -0.39 is 0 Å². The quantitative estimate of drug-likeness (QED) is 0.865. The van der Waals surface area contributed by atoms with Crippen molar-refractivity contribution >= 4 is 28.5 Å². The Morgan fingerprint density at radius 3 is 3.05 bits per heavy atom. The third-order valence-electron chi connectivity index (χ3n) is 3.97. The molecule has 3 rings (SSSR count). The van der Waals surface area contributed by atoms with Gasteiger partial charge in [-0.1, -0.05) is 25.5 Å². The maximum Gasteiger partial charge on any atom is 0.354 e. The number of hydrogen-bond donors (Lipinski definition) is 1. The number of imidazole rings is 1. The number of carbonyl (C=O) groups excluding carboxylic acids is 1. The number of likely N-dealkylation sites (tertiary alicyclic amines) is 1. The van der Waals surface area contributed by atoms with Gasteiger partial charge in [-0.25, -0.2) is 4.98 Å². The molecule has 1 saturated heterocycles. The Morgan fingerprint density at radius 2 is 2.25 bits per heavy atom. The zero-order valence-corrected chi connectivity index (χ0v) is 12.4. The summed E-state index contributed by atoms with van der Waals surface area (Å²) >= 11 is 6.26. The number of para-hydroxylation sites is 2. The standard InChI is InChI=1S/C15H18ClN3O/c1-2-5-11-8-14(20)18(9-11)10-19-13-7-4-3-6-12(13)17-15(19)16/h3-4,6-7,11H,2,5,8-10H2,1H3/p+1. The maximum atomic E-state index is 12.1. The number of amides is 1. The number of aromatic amines is 1. The summed E-state index contributed by atoms with van der Waals surface area (Å²) in [7, 11) is 0. The number of rotatable bonds is 4. The highest BCUT2D eigenvalue weighted by molar-refractivity contribution is 6.27. The molecule has 0 aliphatic carbocycles. The number of carbonyl (C=O) groups is 1. The molecule has 0 saturated carbocycles. The van der Waals surface area contributed by atoms with Gasteiger partial charge in [-0.3, -0.25) is 4.79 Å². The Kier molecular flexibility index (Phi) is 3.66. The Balaban J connectivity index is 1.83. The molecule has 2 aromatic rings. The van der Waals surface area contributed by atoms with E-state index in [2.05, 4.69) is 11.9 Å². The minimum absolute atomic E-state index is 0.234. The first kappa shape index (κ1) is 13.4. The summed E-state index contributed by atoms with van der Waals surface area (Å²) in [5.41, 5.74) is 2.03. The molecular weight excluding hydrogens is 274 g/mol. The minimum Gasteiger partial charge on any atom is -0.306 e. The molecule has 1 aromatic carbocycles. The summed E-state index contributed by atoms with van der Waals surface area (Å²) in [6.07, 6.45) is 2.93. The average molecular weight is 293 g/mol. The van der Waals surface area contributed by atoms with E-state index in [9.17, 15) is 4.79 Å². The van der Waals surface area contributed by atoms with E-state index in [1.807, 2.05) is 33.7 Å². The van der Waals surface area contributed by atoms with E-state index in [0.29, 0.717) is 24.3 Å². The van der Waals surface area contributed by atoms with Gasteiger partial charge in [-0.15, -0.1) is 0 Å². The van der Waals surface area contributed by atoms with Gasteiger partial charge in [0.25, 0.3) is 0 Å². The van der Waals surface area contributed by atoms with Crippen molar-refractivity contribution in [1.29, 1.82) is 0 Å². The second kappa shape index (κ2) is 5.44. The third-order valence-corrected chi connectivity index (χ3v) is 4.27. The van der Waals surface area contributed by atoms with E-state index in [1.54, 1.807) is 0 Å². The summed E-state index contributed by atoms with van der Waals surface area (Å²) < 4.78 is 1.96. The molecule has 0 spiro atoms. The molecule has 1 N–H and O–H groups in total. The minimum atomic E-state index is 0.234. The van der Waals surface area contributed by atoms with Crippen LogP contribution in [0, 0.1) is 5.92 Å². The largest absolute Gasteiger partial charge is 0.354 e. The van der Waals surface area contributed by atoms with Crippen LogP contribution in [0.25, 0.3) is 11.0 Å². The van der Waals surface area contributed by atoms with Crippen LogP contribution in [0.5, 0.6) is 0 Å². The van der Waals surface area contributed by atoms with E-state index in [4.69, 9.17) is 11.6 Å². The van der Waals surface area contributed by atoms with Gasteiger partial charge in [0, 0.05) is 24.6 Å². The Hall–Kier alpha value is -1.55. The highest BCUT2D eigenvalue weighted by atomic mass is 35.5. The van der Waals surface area contributed by atoms with Crippen LogP contribution in [-0.2, 0) is 11.5 Å². The van der Waals surface area contributed by atoms with Crippen molar-refractivity contribution in [2.24, 2.45) is 5.92 Å². The molecule has 1 atom stereocenters. The predicted octanol–water partition coefficient (Wildman–Crippen LogP) is 2.71. The Bertz CT molecular complexity index is 637. The molecule has 4 nitrogen and oxygen atoms in total. The van der Waals surface area contributed by atoms with Crippen molar-refractivity contribution in [2.75, 3.05) is 6.54 Å². The molecule has 1 aliphatic rings. The van der Waals surface area contributed by atoms with Crippen LogP contribution in [0.4, 0.5) is 0 Å². The van der Waals surface area contributed by atoms with Crippen molar-refractivity contribution in [3.63, 3.8) is 0 Å². The summed E-state index contributed by atoms with van der Waals surface area (Å²) in [6.45, 7) is 3.54. The van der Waals surface area contributed by atoms with Crippen molar-refractivity contribution in [3.05, 3.63) is 29.5 Å². The molecule has 0 radical (unpaired) electrons. The number of nitrogens with zero attached hydrogens (tertiary/aromatic N) is 2. The number of aromatic nitrogens is 2. The summed E-state index contributed by atoms with van der Waals surface area (Å²) in [4.78, 5) is 17.1. The van der Waals surface area contributed by atoms with Gasteiger partial charge in [-0.2, -0.15) is 4.57 Å². The Labute approximate surface area is 123 Å². The molecule has 1 unspecified atom stereocenters. The van der Waals surface area contributed by atoms with Gasteiger partial charge in [0.1, 0.15) is 0 Å². The van der Waals surface area contributed by atoms with Gasteiger partial charge >= 0.3 is 5.28 Å². The molecule has 20 heavy (non-hydrogen) atoms. The summed E-state index contributed by atoms with van der Waals surface area (Å²) in [6, 6.07) is 7.96. The van der Waals surface area contributed by atoms with E-state index in [1.165, 1.54) is 0 Å². The lowest BCUT2D eigenvalue weighted by atomic mass is 10.0. The lowest BCUT2D eigenvalue weighted by molar-refractivity contribution is -0.685. The first-order valence-corrected chi connectivity index (χ1v) is 7.50. The summed E-state index contributed by atoms with van der Waals surface area (Å²) in [5, 5.41) is 0.568. The zero-order valence-electron chi connectivity index (χ0n) is 11.6. The fraction of sp³-hybridized carbons (Fsp3) is 0.467. The van der Waals surface area contributed by atoms with Gasteiger partial charge in [0.15, 0.2) is 17.7 Å². The normalized spacial score (nSPS) is 19.2. The average Bonchev–Trinajstić information content (AvgIpc) is 2.92. The van der Waals surface area contributed by atoms with Gasteiger partial charge < -0.3 is 4.90 Å². The number of nitrogens with one attached hydrogen (secondary N) is 1. The first-order valence-electron chi connectivity index (χ1n) is 7.13. The maximum absolute atomic E-state index is 12.1. The molecule has 0 bridgehead atoms. The number of benzene rings is 1. The molecule has 1 aromatic heterocycles. The smallest absolute Gasteiger partial charge is 0.306 e. The highest BCUT2D eigenvalue weighted by Crippen LogP contribution is 2.22. The fourth-order valence-corrected chi connectivity index (χ4v) is 3.25. The van der Waals surface area contributed by atoms with Crippen LogP contribution in [0.1, 0.15) is 26.2 Å². The molecular formula is C15H19ClN3O+. The predicted molar refractivity (Wildman–Crippen MR) is 78.2 cm³/mol. The number of H-pyrrole nitrogens is 1. The second-order valence-corrected chi connectivity index (χ2v) is 5.84. The number of fused-ring (bicyclic) bond motifs is 1. The summed E-state index contributed by atoms with van der Waals surface area (Å²) in [5.74, 6) is 0.731.